The number of nitrogens with zero attached hydrogens (tertiary/aromatic N) is 3. The topological polar surface area (TPSA) is 97.2 Å². The fraction of sp³-hybridized carbons (Fsp3) is 0.0625. The minimum atomic E-state index is 0.241. The van der Waals surface area contributed by atoms with E-state index in [4.69, 9.17) is 29.7 Å². The summed E-state index contributed by atoms with van der Waals surface area (Å²) in [5, 5.41) is 16.5. The quantitative estimate of drug-likeness (QED) is 0.371. The van der Waals surface area contributed by atoms with E-state index in [1.807, 2.05) is 25.1 Å². The van der Waals surface area contributed by atoms with Gasteiger partial charge in [0.15, 0.2) is 5.11 Å². The van der Waals surface area contributed by atoms with E-state index in [9.17, 15) is 0 Å². The molecule has 9 heteroatoms. The van der Waals surface area contributed by atoms with Gasteiger partial charge in [0, 0.05) is 11.9 Å². The minimum absolute atomic E-state index is 0.241. The summed E-state index contributed by atoms with van der Waals surface area (Å²) in [5.41, 5.74) is 10.8. The van der Waals surface area contributed by atoms with Crippen LogP contribution in [0.5, 0.6) is 0 Å². The van der Waals surface area contributed by atoms with Gasteiger partial charge in [0.05, 0.1) is 23.0 Å². The molecule has 4 N–H and O–H groups in total. The first-order valence-electron chi connectivity index (χ1n) is 7.17. The molecular formula is C16H15N7S2. The Balaban J connectivity index is 1.79. The Kier molecular flexibility index (Phi) is 6.76. The third-order valence-corrected chi connectivity index (χ3v) is 3.30. The summed E-state index contributed by atoms with van der Waals surface area (Å²) in [6.45, 7) is 1.82. The van der Waals surface area contributed by atoms with E-state index in [-0.39, 0.29) is 5.11 Å². The van der Waals surface area contributed by atoms with Crippen molar-refractivity contribution < 1.29 is 0 Å². The standard InChI is InChI=1S/C16H15N7S2/c1-11(14-7-2-3-8-18-14)20-22-16(25)23-21-15(24)19-13-6-4-5-12(9-13)10-17/h2-9H,1H3,(H2,19,21,24)(H2,22,23,25)/b20-11+. The zero-order chi connectivity index (χ0) is 18.1. The molecule has 0 aliphatic heterocycles. The number of benzene rings is 1. The van der Waals surface area contributed by atoms with Gasteiger partial charge in [0.25, 0.3) is 0 Å². The minimum Gasteiger partial charge on any atom is -0.331 e. The van der Waals surface area contributed by atoms with Crippen LogP contribution in [0.4, 0.5) is 5.69 Å². The summed E-state index contributed by atoms with van der Waals surface area (Å²) in [4.78, 5) is 4.19. The maximum Gasteiger partial charge on any atom is 0.205 e. The van der Waals surface area contributed by atoms with Crippen LogP contribution in [0.25, 0.3) is 0 Å². The van der Waals surface area contributed by atoms with Crippen LogP contribution in [0.1, 0.15) is 18.2 Å². The second-order valence-electron chi connectivity index (χ2n) is 4.75. The molecule has 7 nitrogen and oxygen atoms in total. The van der Waals surface area contributed by atoms with Gasteiger partial charge < -0.3 is 5.32 Å². The van der Waals surface area contributed by atoms with E-state index in [1.54, 1.807) is 30.5 Å². The normalized spacial score (nSPS) is 10.3. The second-order valence-corrected chi connectivity index (χ2v) is 5.57. The summed E-state index contributed by atoms with van der Waals surface area (Å²) in [6.07, 6.45) is 1.69. The number of hydrogen-bond acceptors (Lipinski definition) is 5. The molecule has 1 heterocycles. The molecular weight excluding hydrogens is 354 g/mol. The van der Waals surface area contributed by atoms with Gasteiger partial charge in [-0.3, -0.25) is 21.3 Å². The molecule has 2 rings (SSSR count). The van der Waals surface area contributed by atoms with Crippen molar-refractivity contribution in [2.45, 2.75) is 6.92 Å². The Morgan fingerprint density at radius 2 is 1.92 bits per heavy atom. The summed E-state index contributed by atoms with van der Waals surface area (Å²) in [7, 11) is 0. The Labute approximate surface area is 156 Å². The van der Waals surface area contributed by atoms with Crippen LogP contribution in [0.3, 0.4) is 0 Å². The van der Waals surface area contributed by atoms with Crippen molar-refractivity contribution in [2.24, 2.45) is 5.10 Å². The third kappa shape index (κ3) is 6.14. The SMILES string of the molecule is C/C(=N\NC(=S)NNC(=S)Nc1cccc(C#N)c1)c1ccccn1. The fourth-order valence-electron chi connectivity index (χ4n) is 1.74. The summed E-state index contributed by atoms with van der Waals surface area (Å²) in [6, 6.07) is 14.6. The highest BCUT2D eigenvalue weighted by Crippen LogP contribution is 2.09. The van der Waals surface area contributed by atoms with Gasteiger partial charge in [0.2, 0.25) is 5.11 Å². The number of anilines is 1. The first-order valence-corrected chi connectivity index (χ1v) is 7.99. The number of aromatic nitrogens is 1. The van der Waals surface area contributed by atoms with E-state index in [2.05, 4.69) is 37.7 Å². The van der Waals surface area contributed by atoms with Gasteiger partial charge in [-0.05, 0) is 61.7 Å². The van der Waals surface area contributed by atoms with E-state index < -0.39 is 0 Å². The zero-order valence-electron chi connectivity index (χ0n) is 13.3. The molecule has 1 aromatic heterocycles. The molecule has 0 saturated heterocycles. The van der Waals surface area contributed by atoms with Gasteiger partial charge in [-0.1, -0.05) is 12.1 Å². The van der Waals surface area contributed by atoms with E-state index in [0.29, 0.717) is 22.1 Å². The Hall–Kier alpha value is -3.09. The molecule has 0 atom stereocenters. The van der Waals surface area contributed by atoms with Crippen molar-refractivity contribution >= 4 is 46.1 Å². The smallest absolute Gasteiger partial charge is 0.205 e. The van der Waals surface area contributed by atoms with Crippen LogP contribution in [-0.2, 0) is 0 Å². The predicted octanol–water partition coefficient (Wildman–Crippen LogP) is 2.04. The molecule has 0 amide bonds. The van der Waals surface area contributed by atoms with Crippen molar-refractivity contribution in [3.05, 3.63) is 59.9 Å². The number of hydrazone groups is 1. The molecule has 126 valence electrons. The van der Waals surface area contributed by atoms with Crippen molar-refractivity contribution in [1.29, 1.82) is 5.26 Å². The molecule has 0 fully saturated rings. The zero-order valence-corrected chi connectivity index (χ0v) is 14.9. The maximum atomic E-state index is 8.88. The summed E-state index contributed by atoms with van der Waals surface area (Å²) >= 11 is 10.2. The molecule has 1 aromatic carbocycles. The van der Waals surface area contributed by atoms with E-state index in [0.717, 1.165) is 5.69 Å². The monoisotopic (exact) mass is 369 g/mol. The average Bonchev–Trinajstić information content (AvgIpc) is 2.65. The highest BCUT2D eigenvalue weighted by molar-refractivity contribution is 7.80. The molecule has 0 aliphatic carbocycles. The lowest BCUT2D eigenvalue weighted by Crippen LogP contribution is -2.47. The molecule has 2 aromatic rings. The summed E-state index contributed by atoms with van der Waals surface area (Å²) < 4.78 is 0. The van der Waals surface area contributed by atoms with Gasteiger partial charge in [-0.25, -0.2) is 0 Å². The first kappa shape index (κ1) is 18.3. The van der Waals surface area contributed by atoms with Crippen molar-refractivity contribution in [2.75, 3.05) is 5.32 Å². The molecule has 0 aliphatic rings. The lowest BCUT2D eigenvalue weighted by Gasteiger charge is -2.13. The lowest BCUT2D eigenvalue weighted by atomic mass is 10.2. The molecule has 0 bridgehead atoms. The van der Waals surface area contributed by atoms with E-state index in [1.165, 1.54) is 0 Å². The molecule has 0 saturated carbocycles. The number of thiocarbonyl (C=S) groups is 2. The van der Waals surface area contributed by atoms with Gasteiger partial charge in [-0.2, -0.15) is 10.4 Å². The van der Waals surface area contributed by atoms with Gasteiger partial charge >= 0.3 is 0 Å². The highest BCUT2D eigenvalue weighted by Gasteiger charge is 2.01. The molecule has 0 spiro atoms. The fourth-order valence-corrected chi connectivity index (χ4v) is 2.00. The van der Waals surface area contributed by atoms with Gasteiger partial charge in [-0.15, -0.1) is 0 Å². The summed E-state index contributed by atoms with van der Waals surface area (Å²) in [5.74, 6) is 0. The van der Waals surface area contributed by atoms with Crippen molar-refractivity contribution in [3.63, 3.8) is 0 Å². The van der Waals surface area contributed by atoms with Crippen molar-refractivity contribution in [3.8, 4) is 6.07 Å². The number of pyridine rings is 1. The van der Waals surface area contributed by atoms with Gasteiger partial charge in [0.1, 0.15) is 0 Å². The Morgan fingerprint density at radius 1 is 1.12 bits per heavy atom. The third-order valence-electron chi connectivity index (χ3n) is 2.90. The number of nitriles is 1. The lowest BCUT2D eigenvalue weighted by molar-refractivity contribution is 0.834. The first-order chi connectivity index (χ1) is 12.1. The average molecular weight is 369 g/mol. The molecule has 0 radical (unpaired) electrons. The highest BCUT2D eigenvalue weighted by atomic mass is 32.1. The largest absolute Gasteiger partial charge is 0.331 e. The van der Waals surface area contributed by atoms with Crippen LogP contribution in [0.15, 0.2) is 53.8 Å². The molecule has 0 unspecified atom stereocenters. The predicted molar refractivity (Wildman–Crippen MR) is 106 cm³/mol. The number of nitrogens with one attached hydrogen (secondary N) is 4. The van der Waals surface area contributed by atoms with Crippen LogP contribution in [0, 0.1) is 11.3 Å². The van der Waals surface area contributed by atoms with Crippen LogP contribution < -0.4 is 21.6 Å². The maximum absolute atomic E-state index is 8.88. The molecule has 25 heavy (non-hydrogen) atoms. The number of hydrogen-bond donors (Lipinski definition) is 4. The Morgan fingerprint density at radius 3 is 2.64 bits per heavy atom. The van der Waals surface area contributed by atoms with Crippen LogP contribution >= 0.6 is 24.4 Å². The van der Waals surface area contributed by atoms with Crippen LogP contribution in [-0.4, -0.2) is 20.9 Å². The van der Waals surface area contributed by atoms with Crippen LogP contribution in [0.2, 0.25) is 0 Å². The van der Waals surface area contributed by atoms with E-state index >= 15 is 0 Å². The Bertz CT molecular complexity index is 828. The number of rotatable bonds is 3. The van der Waals surface area contributed by atoms with Crippen molar-refractivity contribution in [1.82, 2.24) is 21.3 Å². The second kappa shape index (κ2) is 9.27. The number of hydrazine groups is 1.